The first kappa shape index (κ1) is 19.4. The van der Waals surface area contributed by atoms with Crippen LogP contribution in [-0.4, -0.2) is 29.9 Å². The molecule has 0 atom stereocenters. The van der Waals surface area contributed by atoms with Crippen molar-refractivity contribution in [1.82, 2.24) is 9.44 Å². The van der Waals surface area contributed by atoms with Crippen LogP contribution >= 0.6 is 27.5 Å². The Morgan fingerprint density at radius 1 is 0.833 bits per heavy atom. The van der Waals surface area contributed by atoms with E-state index >= 15 is 0 Å². The summed E-state index contributed by atoms with van der Waals surface area (Å²) in [6.07, 6.45) is 0. The van der Waals surface area contributed by atoms with Crippen LogP contribution in [0.1, 0.15) is 0 Å². The van der Waals surface area contributed by atoms with Gasteiger partial charge in [0.05, 0.1) is 9.79 Å². The summed E-state index contributed by atoms with van der Waals surface area (Å²) in [6.45, 7) is -0.178. The van der Waals surface area contributed by atoms with Crippen molar-refractivity contribution < 1.29 is 16.8 Å². The van der Waals surface area contributed by atoms with Gasteiger partial charge in [-0.2, -0.15) is 0 Å². The predicted octanol–water partition coefficient (Wildman–Crippen LogP) is 2.36. The van der Waals surface area contributed by atoms with Crippen molar-refractivity contribution in [3.8, 4) is 0 Å². The van der Waals surface area contributed by atoms with Gasteiger partial charge in [-0.3, -0.25) is 0 Å². The topological polar surface area (TPSA) is 92.3 Å². The summed E-state index contributed by atoms with van der Waals surface area (Å²) in [5.41, 5.74) is 0. The number of hydrogen-bond acceptors (Lipinski definition) is 4. The summed E-state index contributed by atoms with van der Waals surface area (Å²) in [4.78, 5) is 0.120. The summed E-state index contributed by atoms with van der Waals surface area (Å²) >= 11 is 8.99. The summed E-state index contributed by atoms with van der Waals surface area (Å²) in [7, 11) is -7.44. The largest absolute Gasteiger partial charge is 0.240 e. The second-order valence-electron chi connectivity index (χ2n) is 4.71. The maximum atomic E-state index is 12.1. The fraction of sp³-hybridized carbons (Fsp3) is 0.143. The molecule has 2 aromatic carbocycles. The molecule has 0 bridgehead atoms. The molecule has 0 radical (unpaired) electrons. The van der Waals surface area contributed by atoms with Gasteiger partial charge in [0.15, 0.2) is 0 Å². The minimum Gasteiger partial charge on any atom is -0.210 e. The fourth-order valence-corrected chi connectivity index (χ4v) is 4.41. The maximum Gasteiger partial charge on any atom is 0.240 e. The predicted molar refractivity (Wildman–Crippen MR) is 96.0 cm³/mol. The van der Waals surface area contributed by atoms with Gasteiger partial charge in [-0.05, 0) is 42.5 Å². The first-order valence-corrected chi connectivity index (χ1v) is 10.8. The van der Waals surface area contributed by atoms with Gasteiger partial charge < -0.3 is 0 Å². The smallest absolute Gasteiger partial charge is 0.210 e. The molecule has 0 spiro atoms. The molecule has 2 rings (SSSR count). The van der Waals surface area contributed by atoms with E-state index in [2.05, 4.69) is 25.4 Å². The lowest BCUT2D eigenvalue weighted by molar-refractivity contribution is 0.570. The number of hydrogen-bond donors (Lipinski definition) is 2. The van der Waals surface area contributed by atoms with E-state index < -0.39 is 20.0 Å². The Labute approximate surface area is 154 Å². The zero-order valence-electron chi connectivity index (χ0n) is 12.2. The van der Waals surface area contributed by atoms with E-state index in [1.807, 2.05) is 0 Å². The molecule has 24 heavy (non-hydrogen) atoms. The van der Waals surface area contributed by atoms with Crippen molar-refractivity contribution in [2.24, 2.45) is 0 Å². The molecular formula is C14H14BrClN2O4S2. The first-order chi connectivity index (χ1) is 11.2. The molecule has 130 valence electrons. The normalized spacial score (nSPS) is 12.2. The summed E-state index contributed by atoms with van der Waals surface area (Å²) in [5, 5.41) is 0.300. The monoisotopic (exact) mass is 452 g/mol. The van der Waals surface area contributed by atoms with Crippen molar-refractivity contribution in [2.75, 3.05) is 13.1 Å². The standard InChI is InChI=1S/C14H14BrClN2O4S2/c15-11-4-6-13(7-5-11)23(19,20)17-8-9-18-24(21,22)14-3-1-2-12(16)10-14/h1-7,10,17-18H,8-9H2. The Hall–Kier alpha value is -0.970. The zero-order valence-corrected chi connectivity index (χ0v) is 16.2. The van der Waals surface area contributed by atoms with Crippen molar-refractivity contribution in [2.45, 2.75) is 9.79 Å². The molecule has 0 heterocycles. The highest BCUT2D eigenvalue weighted by atomic mass is 79.9. The second kappa shape index (κ2) is 7.94. The van der Waals surface area contributed by atoms with E-state index in [1.54, 1.807) is 18.2 Å². The number of rotatable bonds is 7. The average molecular weight is 454 g/mol. The Kier molecular flexibility index (Phi) is 6.40. The van der Waals surface area contributed by atoms with Crippen LogP contribution in [0.2, 0.25) is 5.02 Å². The summed E-state index contributed by atoms with van der Waals surface area (Å²) < 4.78 is 53.7. The van der Waals surface area contributed by atoms with Crippen molar-refractivity contribution in [1.29, 1.82) is 0 Å². The third kappa shape index (κ3) is 5.27. The molecule has 0 saturated heterocycles. The molecule has 0 aliphatic rings. The average Bonchev–Trinajstić information content (AvgIpc) is 2.52. The van der Waals surface area contributed by atoms with Crippen LogP contribution in [0.5, 0.6) is 0 Å². The summed E-state index contributed by atoms with van der Waals surface area (Å²) in [6, 6.07) is 11.9. The Bertz CT molecular complexity index is 916. The van der Waals surface area contributed by atoms with E-state index in [0.29, 0.717) is 5.02 Å². The lowest BCUT2D eigenvalue weighted by Crippen LogP contribution is -2.34. The van der Waals surface area contributed by atoms with E-state index in [-0.39, 0.29) is 22.9 Å². The van der Waals surface area contributed by atoms with E-state index in [4.69, 9.17) is 11.6 Å². The van der Waals surface area contributed by atoms with Crippen LogP contribution in [0.25, 0.3) is 0 Å². The molecule has 0 aliphatic carbocycles. The van der Waals surface area contributed by atoms with Crippen LogP contribution in [0.3, 0.4) is 0 Å². The highest BCUT2D eigenvalue weighted by Crippen LogP contribution is 2.15. The third-order valence-corrected chi connectivity index (χ3v) is 6.64. The number of nitrogens with one attached hydrogen (secondary N) is 2. The number of benzene rings is 2. The van der Waals surface area contributed by atoms with Gasteiger partial charge in [0, 0.05) is 22.6 Å². The SMILES string of the molecule is O=S(=O)(NCCNS(=O)(=O)c1cccc(Cl)c1)c1ccc(Br)cc1. The molecule has 6 nitrogen and oxygen atoms in total. The lowest BCUT2D eigenvalue weighted by Gasteiger charge is -2.09. The van der Waals surface area contributed by atoms with Gasteiger partial charge >= 0.3 is 0 Å². The Morgan fingerprint density at radius 3 is 1.92 bits per heavy atom. The van der Waals surface area contributed by atoms with Gasteiger partial charge in [0.2, 0.25) is 20.0 Å². The Balaban J connectivity index is 1.93. The molecule has 0 saturated carbocycles. The van der Waals surface area contributed by atoms with Crippen molar-refractivity contribution in [3.63, 3.8) is 0 Å². The summed E-state index contributed by atoms with van der Waals surface area (Å²) in [5.74, 6) is 0. The van der Waals surface area contributed by atoms with Gasteiger partial charge in [0.25, 0.3) is 0 Å². The van der Waals surface area contributed by atoms with E-state index in [0.717, 1.165) is 4.47 Å². The quantitative estimate of drug-likeness (QED) is 0.630. The van der Waals surface area contributed by atoms with Crippen LogP contribution in [0.15, 0.2) is 62.8 Å². The molecular weight excluding hydrogens is 440 g/mol. The molecule has 0 amide bonds. The second-order valence-corrected chi connectivity index (χ2v) is 9.59. The third-order valence-electron chi connectivity index (χ3n) is 2.94. The van der Waals surface area contributed by atoms with Crippen molar-refractivity contribution in [3.05, 3.63) is 58.0 Å². The molecule has 0 aromatic heterocycles. The molecule has 2 N–H and O–H groups in total. The molecule has 0 aliphatic heterocycles. The molecule has 10 heteroatoms. The molecule has 0 fully saturated rings. The fourth-order valence-electron chi connectivity index (χ4n) is 1.79. The lowest BCUT2D eigenvalue weighted by atomic mass is 10.4. The van der Waals surface area contributed by atoms with Crippen LogP contribution in [0, 0.1) is 0 Å². The van der Waals surface area contributed by atoms with Gasteiger partial charge in [-0.25, -0.2) is 26.3 Å². The van der Waals surface area contributed by atoms with Crippen LogP contribution in [0.4, 0.5) is 0 Å². The highest BCUT2D eigenvalue weighted by Gasteiger charge is 2.16. The first-order valence-electron chi connectivity index (χ1n) is 6.71. The Morgan fingerprint density at radius 2 is 1.38 bits per heavy atom. The van der Waals surface area contributed by atoms with Crippen LogP contribution in [-0.2, 0) is 20.0 Å². The van der Waals surface area contributed by atoms with Gasteiger partial charge in [0.1, 0.15) is 0 Å². The minimum atomic E-state index is -3.75. The molecule has 2 aromatic rings. The number of sulfonamides is 2. The maximum absolute atomic E-state index is 12.1. The number of halogens is 2. The van der Waals surface area contributed by atoms with Gasteiger partial charge in [-0.1, -0.05) is 33.6 Å². The van der Waals surface area contributed by atoms with Crippen LogP contribution < -0.4 is 9.44 Å². The van der Waals surface area contributed by atoms with Gasteiger partial charge in [-0.15, -0.1) is 0 Å². The van der Waals surface area contributed by atoms with Crippen molar-refractivity contribution >= 4 is 47.6 Å². The highest BCUT2D eigenvalue weighted by molar-refractivity contribution is 9.10. The molecule has 0 unspecified atom stereocenters. The van der Waals surface area contributed by atoms with E-state index in [9.17, 15) is 16.8 Å². The zero-order chi connectivity index (χ0) is 17.8. The van der Waals surface area contributed by atoms with E-state index in [1.165, 1.54) is 30.3 Å². The minimum absolute atomic E-state index is 0.0192.